The van der Waals surface area contributed by atoms with E-state index in [9.17, 15) is 29.7 Å². The van der Waals surface area contributed by atoms with Crippen LogP contribution in [-0.4, -0.2) is 44.1 Å². The van der Waals surface area contributed by atoms with Crippen LogP contribution in [0, 0.1) is 16.2 Å². The topological polar surface area (TPSA) is 120 Å². The Bertz CT molecular complexity index is 299. The zero-order chi connectivity index (χ0) is 18.2. The first kappa shape index (κ1) is 29.3. The molecular formula is C15H27BiO6. The maximum atomic E-state index is 9.91. The minimum Gasteiger partial charge on any atom is -0.550 e. The molecule has 6 nitrogen and oxygen atoms in total. The number of rotatable bonds is 0. The van der Waals surface area contributed by atoms with Crippen LogP contribution in [0.25, 0.3) is 0 Å². The molecule has 0 saturated heterocycles. The van der Waals surface area contributed by atoms with Gasteiger partial charge in [-0.25, -0.2) is 0 Å². The fourth-order valence-electron chi connectivity index (χ4n) is 0. The van der Waals surface area contributed by atoms with Crippen molar-refractivity contribution < 1.29 is 29.7 Å². The van der Waals surface area contributed by atoms with Crippen LogP contribution in [0.4, 0.5) is 0 Å². The van der Waals surface area contributed by atoms with E-state index in [2.05, 4.69) is 0 Å². The van der Waals surface area contributed by atoms with E-state index in [4.69, 9.17) is 0 Å². The Morgan fingerprint density at radius 1 is 0.500 bits per heavy atom. The van der Waals surface area contributed by atoms with Crippen molar-refractivity contribution in [1.29, 1.82) is 0 Å². The van der Waals surface area contributed by atoms with Gasteiger partial charge in [0.15, 0.2) is 0 Å². The van der Waals surface area contributed by atoms with Crippen LogP contribution in [0.2, 0.25) is 0 Å². The molecule has 0 rings (SSSR count). The molecule has 0 aliphatic carbocycles. The second-order valence-corrected chi connectivity index (χ2v) is 7.61. The largest absolute Gasteiger partial charge is 3.00 e. The van der Waals surface area contributed by atoms with Crippen LogP contribution in [0.1, 0.15) is 62.3 Å². The molecular weight excluding hydrogens is 485 g/mol. The van der Waals surface area contributed by atoms with Gasteiger partial charge < -0.3 is 29.7 Å². The van der Waals surface area contributed by atoms with Gasteiger partial charge in [-0.3, -0.25) is 0 Å². The van der Waals surface area contributed by atoms with Gasteiger partial charge in [0.25, 0.3) is 0 Å². The Morgan fingerprint density at radius 3 is 0.545 bits per heavy atom. The smallest absolute Gasteiger partial charge is 0.550 e. The summed E-state index contributed by atoms with van der Waals surface area (Å²) in [7, 11) is 0. The summed E-state index contributed by atoms with van der Waals surface area (Å²) in [6, 6.07) is 0. The Labute approximate surface area is 152 Å². The average Bonchev–Trinajstić information content (AvgIpc) is 2.14. The molecule has 0 aromatic heterocycles. The molecule has 0 N–H and O–H groups in total. The maximum absolute atomic E-state index is 9.91. The molecule has 0 heterocycles. The minimum absolute atomic E-state index is 0. The van der Waals surface area contributed by atoms with Crippen LogP contribution in [0.3, 0.4) is 0 Å². The Balaban J connectivity index is -0.000000108. The number of hydrogen-bond acceptors (Lipinski definition) is 6. The third-order valence-corrected chi connectivity index (χ3v) is 1.84. The quantitative estimate of drug-likeness (QED) is 0.383. The number of hydrogen-bond donors (Lipinski definition) is 0. The summed E-state index contributed by atoms with van der Waals surface area (Å²) in [5.74, 6) is -3.02. The normalized spacial score (nSPS) is 10.8. The van der Waals surface area contributed by atoms with Crippen LogP contribution in [-0.2, 0) is 14.4 Å². The molecule has 0 amide bonds. The van der Waals surface area contributed by atoms with Gasteiger partial charge in [-0.2, -0.15) is 0 Å². The number of carboxylic acid groups (broad SMARTS) is 3. The van der Waals surface area contributed by atoms with Crippen LogP contribution in [0.15, 0.2) is 0 Å². The number of carbonyl (C=O) groups is 3. The molecule has 0 bridgehead atoms. The van der Waals surface area contributed by atoms with E-state index in [1.807, 2.05) is 0 Å². The maximum Gasteiger partial charge on any atom is 3.00 e. The van der Waals surface area contributed by atoms with Crippen molar-refractivity contribution in [2.45, 2.75) is 62.3 Å². The van der Waals surface area contributed by atoms with Gasteiger partial charge in [0, 0.05) is 34.2 Å². The molecule has 0 spiro atoms. The summed E-state index contributed by atoms with van der Waals surface area (Å²) in [5.41, 5.74) is -2.08. The third-order valence-electron chi connectivity index (χ3n) is 1.84. The predicted molar refractivity (Wildman–Crippen MR) is 79.1 cm³/mol. The van der Waals surface area contributed by atoms with Crippen molar-refractivity contribution in [1.82, 2.24) is 0 Å². The van der Waals surface area contributed by atoms with E-state index in [1.165, 1.54) is 0 Å². The predicted octanol–water partition coefficient (Wildman–Crippen LogP) is -1.03. The Hall–Kier alpha value is -0.707. The Kier molecular flexibility index (Phi) is 14.6. The van der Waals surface area contributed by atoms with E-state index in [0.717, 1.165) is 0 Å². The number of carbonyl (C=O) groups excluding carboxylic acids is 3. The third kappa shape index (κ3) is 21.6. The molecule has 0 fully saturated rings. The molecule has 0 saturated carbocycles. The zero-order valence-corrected chi connectivity index (χ0v) is 18.4. The van der Waals surface area contributed by atoms with Gasteiger partial charge in [0.05, 0.1) is 0 Å². The van der Waals surface area contributed by atoms with Crippen molar-refractivity contribution in [2.24, 2.45) is 16.2 Å². The number of carboxylic acids is 3. The fourth-order valence-corrected chi connectivity index (χ4v) is 0. The molecule has 0 unspecified atom stereocenters. The van der Waals surface area contributed by atoms with Crippen LogP contribution < -0.4 is 15.3 Å². The van der Waals surface area contributed by atoms with Gasteiger partial charge in [-0.05, 0) is 0 Å². The average molecular weight is 512 g/mol. The molecule has 0 aliphatic rings. The van der Waals surface area contributed by atoms with Crippen molar-refractivity contribution in [3.63, 3.8) is 0 Å². The van der Waals surface area contributed by atoms with E-state index in [0.29, 0.717) is 0 Å². The second kappa shape index (κ2) is 10.9. The summed E-state index contributed by atoms with van der Waals surface area (Å²) < 4.78 is 0. The molecule has 0 aromatic rings. The van der Waals surface area contributed by atoms with Gasteiger partial charge in [-0.1, -0.05) is 62.3 Å². The SMILES string of the molecule is CC(C)(C)C(=O)[O-].CC(C)(C)C(=O)[O-].CC(C)(C)C(=O)[O-].[Bi+3]. The van der Waals surface area contributed by atoms with Gasteiger partial charge in [0.2, 0.25) is 0 Å². The summed E-state index contributed by atoms with van der Waals surface area (Å²) >= 11 is 0. The summed E-state index contributed by atoms with van der Waals surface area (Å²) in [5, 5.41) is 29.7. The fraction of sp³-hybridized carbons (Fsp3) is 0.800. The molecule has 0 atom stereocenters. The van der Waals surface area contributed by atoms with E-state index >= 15 is 0 Å². The molecule has 22 heavy (non-hydrogen) atoms. The zero-order valence-electron chi connectivity index (χ0n) is 14.9. The van der Waals surface area contributed by atoms with Crippen LogP contribution in [0.5, 0.6) is 0 Å². The molecule has 0 aromatic carbocycles. The summed E-state index contributed by atoms with van der Waals surface area (Å²) in [6.45, 7) is 14.4. The van der Waals surface area contributed by atoms with Crippen molar-refractivity contribution in [3.05, 3.63) is 0 Å². The first-order valence-electron chi connectivity index (χ1n) is 6.47. The van der Waals surface area contributed by atoms with Crippen molar-refractivity contribution in [3.8, 4) is 0 Å². The van der Waals surface area contributed by atoms with E-state index in [1.54, 1.807) is 62.3 Å². The second-order valence-electron chi connectivity index (χ2n) is 7.61. The Morgan fingerprint density at radius 2 is 0.545 bits per heavy atom. The van der Waals surface area contributed by atoms with Gasteiger partial charge in [0.1, 0.15) is 0 Å². The first-order chi connectivity index (χ1) is 8.83. The van der Waals surface area contributed by atoms with Gasteiger partial charge >= 0.3 is 26.2 Å². The molecule has 128 valence electrons. The van der Waals surface area contributed by atoms with Crippen LogP contribution >= 0.6 is 0 Å². The molecule has 0 aliphatic heterocycles. The summed E-state index contributed by atoms with van der Waals surface area (Å²) in [4.78, 5) is 29.7. The molecule has 2 radical (unpaired) electrons. The van der Waals surface area contributed by atoms with E-state index < -0.39 is 34.2 Å². The minimum atomic E-state index is -1.01. The van der Waals surface area contributed by atoms with Crippen molar-refractivity contribution >= 4 is 44.1 Å². The summed E-state index contributed by atoms with van der Waals surface area (Å²) in [6.07, 6.45) is 0. The van der Waals surface area contributed by atoms with Gasteiger partial charge in [-0.15, -0.1) is 0 Å². The monoisotopic (exact) mass is 512 g/mol. The number of aliphatic carboxylic acids is 3. The van der Waals surface area contributed by atoms with E-state index in [-0.39, 0.29) is 26.2 Å². The standard InChI is InChI=1S/3C5H10O2.Bi/c3*1-5(2,3)4(6)7;/h3*1-3H3,(H,6,7);/q;;;+3/p-3. The van der Waals surface area contributed by atoms with Crippen molar-refractivity contribution in [2.75, 3.05) is 0 Å². The molecule has 7 heteroatoms. The first-order valence-corrected chi connectivity index (χ1v) is 6.47.